The average Bonchev–Trinajstić information content (AvgIpc) is 2.59. The van der Waals surface area contributed by atoms with Crippen LogP contribution in [-0.4, -0.2) is 17.5 Å². The van der Waals surface area contributed by atoms with Crippen LogP contribution >= 0.6 is 11.3 Å². The van der Waals surface area contributed by atoms with Gasteiger partial charge >= 0.3 is 0 Å². The third kappa shape index (κ3) is 2.95. The van der Waals surface area contributed by atoms with Crippen molar-refractivity contribution in [3.63, 3.8) is 0 Å². The minimum absolute atomic E-state index is 0.555. The molecule has 16 heavy (non-hydrogen) atoms. The molecule has 1 saturated carbocycles. The van der Waals surface area contributed by atoms with Gasteiger partial charge in [-0.15, -0.1) is 11.3 Å². The fourth-order valence-corrected chi connectivity index (χ4v) is 2.34. The molecular formula is C11H18N4S. The summed E-state index contributed by atoms with van der Waals surface area (Å²) in [7, 11) is 0. The minimum atomic E-state index is 0.555. The summed E-state index contributed by atoms with van der Waals surface area (Å²) in [6.07, 6.45) is 4.02. The molecule has 3 N–H and O–H groups in total. The Labute approximate surface area is 100.0 Å². The van der Waals surface area contributed by atoms with Crippen LogP contribution in [0.2, 0.25) is 0 Å². The molecule has 0 bridgehead atoms. The molecule has 1 aliphatic rings. The summed E-state index contributed by atoms with van der Waals surface area (Å²) in [6, 6.07) is 0. The van der Waals surface area contributed by atoms with Crippen molar-refractivity contribution in [2.45, 2.75) is 32.7 Å². The number of nitrogens with one attached hydrogen (secondary N) is 1. The van der Waals surface area contributed by atoms with Crippen LogP contribution in [-0.2, 0) is 6.54 Å². The van der Waals surface area contributed by atoms with Gasteiger partial charge in [0.25, 0.3) is 0 Å². The number of hydrogen-bond donors (Lipinski definition) is 2. The van der Waals surface area contributed by atoms with Crippen molar-refractivity contribution in [3.8, 4) is 0 Å². The number of aryl methyl sites for hydroxylation is 1. The third-order valence-corrected chi connectivity index (χ3v) is 3.95. The molecule has 2 rings (SSSR count). The van der Waals surface area contributed by atoms with E-state index in [0.717, 1.165) is 18.2 Å². The molecule has 0 radical (unpaired) electrons. The van der Waals surface area contributed by atoms with Crippen molar-refractivity contribution in [3.05, 3.63) is 16.1 Å². The molecule has 0 aromatic carbocycles. The molecule has 1 fully saturated rings. The van der Waals surface area contributed by atoms with E-state index in [0.29, 0.717) is 12.5 Å². The zero-order chi connectivity index (χ0) is 11.4. The fourth-order valence-electron chi connectivity index (χ4n) is 1.64. The van der Waals surface area contributed by atoms with E-state index in [1.54, 1.807) is 11.3 Å². The summed E-state index contributed by atoms with van der Waals surface area (Å²) in [5.41, 5.74) is 8.69. The van der Waals surface area contributed by atoms with E-state index in [-0.39, 0.29) is 0 Å². The summed E-state index contributed by atoms with van der Waals surface area (Å²) in [4.78, 5) is 9.68. The van der Waals surface area contributed by atoms with Crippen LogP contribution in [0.1, 0.15) is 29.8 Å². The molecule has 4 nitrogen and oxygen atoms in total. The maximum Gasteiger partial charge on any atom is 0.188 e. The zero-order valence-electron chi connectivity index (χ0n) is 9.57. The molecule has 1 heterocycles. The molecule has 0 spiro atoms. The summed E-state index contributed by atoms with van der Waals surface area (Å²) in [6.45, 7) is 3.61. The van der Waals surface area contributed by atoms with Crippen molar-refractivity contribution in [2.24, 2.45) is 16.6 Å². The van der Waals surface area contributed by atoms with E-state index in [1.807, 2.05) is 12.4 Å². The number of aliphatic imine (C=N–C) groups is 1. The standard InChI is InChI=1S/C11H18N4S/c1-8-10(16-7-15-8)6-14-11(12)13-5-9-3-2-4-9/h7,9H,2-6H2,1H3,(H3,12,13,14). The Hall–Kier alpha value is -1.10. The number of guanidine groups is 1. The van der Waals surface area contributed by atoms with Gasteiger partial charge in [0.2, 0.25) is 0 Å². The Balaban J connectivity index is 1.75. The van der Waals surface area contributed by atoms with Crippen molar-refractivity contribution in [2.75, 3.05) is 6.54 Å². The fraction of sp³-hybridized carbons (Fsp3) is 0.636. The number of thiazole rings is 1. The smallest absolute Gasteiger partial charge is 0.188 e. The van der Waals surface area contributed by atoms with E-state index in [1.165, 1.54) is 24.1 Å². The van der Waals surface area contributed by atoms with Gasteiger partial charge in [-0.3, -0.25) is 0 Å². The Morgan fingerprint density at radius 1 is 1.69 bits per heavy atom. The van der Waals surface area contributed by atoms with Crippen molar-refractivity contribution < 1.29 is 0 Å². The molecular weight excluding hydrogens is 220 g/mol. The van der Waals surface area contributed by atoms with Gasteiger partial charge in [0, 0.05) is 11.4 Å². The minimum Gasteiger partial charge on any atom is -0.370 e. The Kier molecular flexibility index (Phi) is 3.77. The lowest BCUT2D eigenvalue weighted by atomic mass is 9.85. The highest BCUT2D eigenvalue weighted by Crippen LogP contribution is 2.24. The van der Waals surface area contributed by atoms with E-state index in [9.17, 15) is 0 Å². The number of hydrogen-bond acceptors (Lipinski definition) is 3. The summed E-state index contributed by atoms with van der Waals surface area (Å²) >= 11 is 1.63. The highest BCUT2D eigenvalue weighted by atomic mass is 32.1. The first-order chi connectivity index (χ1) is 7.75. The van der Waals surface area contributed by atoms with E-state index >= 15 is 0 Å². The number of rotatable bonds is 4. The van der Waals surface area contributed by atoms with Crippen LogP contribution < -0.4 is 11.1 Å². The number of nitrogens with zero attached hydrogens (tertiary/aromatic N) is 2. The normalized spacial score (nSPS) is 17.2. The lowest BCUT2D eigenvalue weighted by molar-refractivity contribution is 0.315. The lowest BCUT2D eigenvalue weighted by Gasteiger charge is -2.25. The van der Waals surface area contributed by atoms with Crippen LogP contribution in [0, 0.1) is 12.8 Å². The second-order valence-electron chi connectivity index (χ2n) is 4.24. The SMILES string of the molecule is Cc1ncsc1CN=C(N)NCC1CCC1. The molecule has 1 aromatic rings. The van der Waals surface area contributed by atoms with E-state index in [4.69, 9.17) is 5.73 Å². The first-order valence-corrected chi connectivity index (χ1v) is 6.56. The van der Waals surface area contributed by atoms with Crippen molar-refractivity contribution in [1.82, 2.24) is 10.3 Å². The van der Waals surface area contributed by atoms with E-state index in [2.05, 4.69) is 15.3 Å². The summed E-state index contributed by atoms with van der Waals surface area (Å²) in [5.74, 6) is 1.36. The average molecular weight is 238 g/mol. The van der Waals surface area contributed by atoms with Gasteiger partial charge < -0.3 is 11.1 Å². The second-order valence-corrected chi connectivity index (χ2v) is 5.18. The van der Waals surface area contributed by atoms with Gasteiger partial charge in [-0.1, -0.05) is 6.42 Å². The van der Waals surface area contributed by atoms with Crippen molar-refractivity contribution >= 4 is 17.3 Å². The van der Waals surface area contributed by atoms with Gasteiger partial charge in [0.05, 0.1) is 17.7 Å². The molecule has 0 amide bonds. The predicted octanol–water partition coefficient (Wildman–Crippen LogP) is 1.66. The van der Waals surface area contributed by atoms with Crippen molar-refractivity contribution in [1.29, 1.82) is 0 Å². The Morgan fingerprint density at radius 3 is 3.06 bits per heavy atom. The quantitative estimate of drug-likeness (QED) is 0.619. The van der Waals surface area contributed by atoms with Gasteiger partial charge in [-0.05, 0) is 25.7 Å². The summed E-state index contributed by atoms with van der Waals surface area (Å²) < 4.78 is 0. The molecule has 88 valence electrons. The number of aromatic nitrogens is 1. The van der Waals surface area contributed by atoms with Gasteiger partial charge in [0.15, 0.2) is 5.96 Å². The Morgan fingerprint density at radius 2 is 2.50 bits per heavy atom. The van der Waals surface area contributed by atoms with Crippen LogP contribution in [0.15, 0.2) is 10.5 Å². The second kappa shape index (κ2) is 5.30. The molecule has 1 aromatic heterocycles. The van der Waals surface area contributed by atoms with Crippen LogP contribution in [0.25, 0.3) is 0 Å². The molecule has 1 aliphatic carbocycles. The highest BCUT2D eigenvalue weighted by molar-refractivity contribution is 7.09. The Bertz CT molecular complexity index is 368. The largest absolute Gasteiger partial charge is 0.370 e. The van der Waals surface area contributed by atoms with Gasteiger partial charge in [-0.2, -0.15) is 0 Å². The lowest BCUT2D eigenvalue weighted by Crippen LogP contribution is -2.37. The topological polar surface area (TPSA) is 63.3 Å². The van der Waals surface area contributed by atoms with Crippen LogP contribution in [0.3, 0.4) is 0 Å². The number of nitrogens with two attached hydrogens (primary N) is 1. The first-order valence-electron chi connectivity index (χ1n) is 5.68. The van der Waals surface area contributed by atoms with E-state index < -0.39 is 0 Å². The molecule has 0 aliphatic heterocycles. The maximum atomic E-state index is 5.79. The van der Waals surface area contributed by atoms with Gasteiger partial charge in [0.1, 0.15) is 0 Å². The van der Waals surface area contributed by atoms with Crippen LogP contribution in [0.5, 0.6) is 0 Å². The molecule has 0 atom stereocenters. The molecule has 0 saturated heterocycles. The summed E-state index contributed by atoms with van der Waals surface area (Å²) in [5, 5.41) is 3.18. The van der Waals surface area contributed by atoms with Gasteiger partial charge in [-0.25, -0.2) is 9.98 Å². The molecule has 5 heteroatoms. The monoisotopic (exact) mass is 238 g/mol. The van der Waals surface area contributed by atoms with Crippen LogP contribution in [0.4, 0.5) is 0 Å². The first kappa shape index (κ1) is 11.4. The zero-order valence-corrected chi connectivity index (χ0v) is 10.4. The maximum absolute atomic E-state index is 5.79. The highest BCUT2D eigenvalue weighted by Gasteiger charge is 2.16. The molecule has 0 unspecified atom stereocenters. The predicted molar refractivity (Wildman–Crippen MR) is 67.5 cm³/mol. The third-order valence-electron chi connectivity index (χ3n) is 3.03.